The minimum atomic E-state index is -4.76. The molecule has 0 radical (unpaired) electrons. The van der Waals surface area contributed by atoms with Crippen LogP contribution in [0.15, 0.2) is 51.8 Å². The van der Waals surface area contributed by atoms with Gasteiger partial charge in [0.25, 0.3) is 11.4 Å². The van der Waals surface area contributed by atoms with Crippen molar-refractivity contribution in [2.45, 2.75) is 38.1 Å². The predicted octanol–water partition coefficient (Wildman–Crippen LogP) is 4.23. The quantitative estimate of drug-likeness (QED) is 0.456. The van der Waals surface area contributed by atoms with Crippen molar-refractivity contribution in [1.82, 2.24) is 25.1 Å². The van der Waals surface area contributed by atoms with E-state index in [4.69, 9.17) is 4.52 Å². The van der Waals surface area contributed by atoms with Crippen LogP contribution in [-0.2, 0) is 0 Å². The lowest BCUT2D eigenvalue weighted by Crippen LogP contribution is -2.28. The summed E-state index contributed by atoms with van der Waals surface area (Å²) in [5.74, 6) is 0.900. The highest BCUT2D eigenvalue weighted by molar-refractivity contribution is 5.83. The Kier molecular flexibility index (Phi) is 4.68. The van der Waals surface area contributed by atoms with Crippen LogP contribution in [0.5, 0.6) is 5.75 Å². The number of alkyl halides is 3. The fourth-order valence-corrected chi connectivity index (χ4v) is 3.37. The molecule has 1 aliphatic carbocycles. The topological polar surface area (TPSA) is 95.9 Å². The third-order valence-corrected chi connectivity index (χ3v) is 5.23. The Labute approximate surface area is 178 Å². The van der Waals surface area contributed by atoms with E-state index in [0.29, 0.717) is 33.8 Å². The summed E-state index contributed by atoms with van der Waals surface area (Å²) >= 11 is 0. The second-order valence-corrected chi connectivity index (χ2v) is 7.58. The second-order valence-electron chi connectivity index (χ2n) is 7.58. The molecule has 0 aliphatic heterocycles. The maximum absolute atomic E-state index is 13.1. The number of aromatic nitrogens is 5. The van der Waals surface area contributed by atoms with Gasteiger partial charge in [-0.2, -0.15) is 9.67 Å². The van der Waals surface area contributed by atoms with E-state index in [1.165, 1.54) is 28.9 Å². The van der Waals surface area contributed by atoms with Crippen LogP contribution in [0.4, 0.5) is 13.2 Å². The van der Waals surface area contributed by atoms with Crippen LogP contribution in [0.2, 0.25) is 0 Å². The maximum atomic E-state index is 13.1. The average molecular weight is 443 g/mol. The molecular formula is C21H16F3N5O3. The van der Waals surface area contributed by atoms with E-state index in [2.05, 4.69) is 25.2 Å². The van der Waals surface area contributed by atoms with Crippen molar-refractivity contribution in [1.29, 1.82) is 0 Å². The Morgan fingerprint density at radius 2 is 1.84 bits per heavy atom. The van der Waals surface area contributed by atoms with Crippen molar-refractivity contribution in [3.63, 3.8) is 0 Å². The maximum Gasteiger partial charge on any atom is 0.573 e. The van der Waals surface area contributed by atoms with Crippen LogP contribution >= 0.6 is 0 Å². The van der Waals surface area contributed by atoms with Gasteiger partial charge in [-0.05, 0) is 55.2 Å². The van der Waals surface area contributed by atoms with E-state index >= 15 is 0 Å². The van der Waals surface area contributed by atoms with Gasteiger partial charge in [0.15, 0.2) is 5.82 Å². The number of hydrogen-bond acceptors (Lipinski definition) is 7. The van der Waals surface area contributed by atoms with Crippen molar-refractivity contribution in [2.24, 2.45) is 0 Å². The molecule has 1 atom stereocenters. The van der Waals surface area contributed by atoms with Crippen molar-refractivity contribution >= 4 is 10.9 Å². The molecule has 164 valence electrons. The summed E-state index contributed by atoms with van der Waals surface area (Å²) in [5, 5.41) is 12.4. The van der Waals surface area contributed by atoms with Gasteiger partial charge in [-0.25, -0.2) is 0 Å². The first-order valence-corrected chi connectivity index (χ1v) is 9.87. The molecule has 2 aromatic heterocycles. The van der Waals surface area contributed by atoms with E-state index in [1.807, 2.05) is 0 Å². The van der Waals surface area contributed by atoms with Gasteiger partial charge in [-0.3, -0.25) is 4.79 Å². The number of benzene rings is 2. The summed E-state index contributed by atoms with van der Waals surface area (Å²) in [6.45, 7) is 1.72. The van der Waals surface area contributed by atoms with Crippen molar-refractivity contribution in [2.75, 3.05) is 0 Å². The zero-order chi connectivity index (χ0) is 22.5. The summed E-state index contributed by atoms with van der Waals surface area (Å²) in [6, 6.07) is 9.75. The van der Waals surface area contributed by atoms with Gasteiger partial charge in [0, 0.05) is 5.92 Å². The Hall–Kier alpha value is -3.76. The van der Waals surface area contributed by atoms with E-state index in [9.17, 15) is 18.0 Å². The lowest BCUT2D eigenvalue weighted by Gasteiger charge is -2.11. The average Bonchev–Trinajstić information content (AvgIpc) is 3.49. The van der Waals surface area contributed by atoms with Crippen LogP contribution in [0.3, 0.4) is 0 Å². The van der Waals surface area contributed by atoms with Crippen molar-refractivity contribution < 1.29 is 22.4 Å². The molecule has 11 heteroatoms. The Morgan fingerprint density at radius 1 is 1.12 bits per heavy atom. The molecule has 5 rings (SSSR count). The first kappa shape index (κ1) is 20.2. The monoisotopic (exact) mass is 443 g/mol. The van der Waals surface area contributed by atoms with Crippen molar-refractivity contribution in [3.8, 4) is 16.9 Å². The minimum Gasteiger partial charge on any atom is -0.406 e. The van der Waals surface area contributed by atoms with Gasteiger partial charge in [-0.1, -0.05) is 28.6 Å². The van der Waals surface area contributed by atoms with Crippen LogP contribution < -0.4 is 10.3 Å². The van der Waals surface area contributed by atoms with Gasteiger partial charge < -0.3 is 9.26 Å². The standard InChI is InChI=1S/C21H16F3N5O3/c1-11(19-25-18(27-32-19)13-2-3-13)29-20(30)16-10-14(6-9-17(16)26-28-29)12-4-7-15(8-5-12)31-21(22,23)24/h4-11,13H,2-3H2,1H3. The summed E-state index contributed by atoms with van der Waals surface area (Å²) in [7, 11) is 0. The molecule has 0 amide bonds. The highest BCUT2D eigenvalue weighted by Crippen LogP contribution is 2.38. The molecule has 0 bridgehead atoms. The lowest BCUT2D eigenvalue weighted by molar-refractivity contribution is -0.274. The Bertz CT molecular complexity index is 1340. The Balaban J connectivity index is 1.47. The molecule has 1 fully saturated rings. The minimum absolute atomic E-state index is 0.277. The molecule has 8 nitrogen and oxygen atoms in total. The first-order chi connectivity index (χ1) is 15.3. The molecule has 2 aromatic carbocycles. The van der Waals surface area contributed by atoms with Crippen LogP contribution in [0, 0.1) is 0 Å². The number of nitrogens with zero attached hydrogens (tertiary/aromatic N) is 5. The number of hydrogen-bond donors (Lipinski definition) is 0. The number of ether oxygens (including phenoxy) is 1. The highest BCUT2D eigenvalue weighted by atomic mass is 19.4. The molecule has 0 N–H and O–H groups in total. The molecule has 2 heterocycles. The van der Waals surface area contributed by atoms with E-state index in [0.717, 1.165) is 12.8 Å². The van der Waals surface area contributed by atoms with Gasteiger partial charge in [-0.15, -0.1) is 18.3 Å². The van der Waals surface area contributed by atoms with Crippen LogP contribution in [0.1, 0.15) is 43.4 Å². The van der Waals surface area contributed by atoms with Crippen molar-refractivity contribution in [3.05, 3.63) is 64.5 Å². The van der Waals surface area contributed by atoms with E-state index < -0.39 is 18.0 Å². The fourth-order valence-electron chi connectivity index (χ4n) is 3.37. The van der Waals surface area contributed by atoms with Gasteiger partial charge >= 0.3 is 6.36 Å². The normalized spacial score (nSPS) is 15.1. The molecule has 1 saturated carbocycles. The largest absolute Gasteiger partial charge is 0.573 e. The third-order valence-electron chi connectivity index (χ3n) is 5.23. The predicted molar refractivity (Wildman–Crippen MR) is 106 cm³/mol. The summed E-state index contributed by atoms with van der Waals surface area (Å²) < 4.78 is 47.5. The summed E-state index contributed by atoms with van der Waals surface area (Å²) in [5.41, 5.74) is 1.24. The van der Waals surface area contributed by atoms with E-state index in [1.54, 1.807) is 25.1 Å². The zero-order valence-corrected chi connectivity index (χ0v) is 16.7. The van der Waals surface area contributed by atoms with Gasteiger partial charge in [0.2, 0.25) is 0 Å². The smallest absolute Gasteiger partial charge is 0.406 e. The zero-order valence-electron chi connectivity index (χ0n) is 16.7. The molecule has 1 aliphatic rings. The van der Waals surface area contributed by atoms with Gasteiger partial charge in [0.05, 0.1) is 5.39 Å². The Morgan fingerprint density at radius 3 is 2.53 bits per heavy atom. The lowest BCUT2D eigenvalue weighted by atomic mass is 10.0. The second kappa shape index (κ2) is 7.43. The number of rotatable bonds is 5. The molecule has 1 unspecified atom stereocenters. The number of halogens is 3. The third kappa shape index (κ3) is 3.93. The first-order valence-electron chi connectivity index (χ1n) is 9.87. The number of fused-ring (bicyclic) bond motifs is 1. The van der Waals surface area contributed by atoms with Gasteiger partial charge in [0.1, 0.15) is 17.3 Å². The SMILES string of the molecule is CC(c1nc(C2CC2)no1)n1nnc2ccc(-c3ccc(OC(F)(F)F)cc3)cc2c1=O. The molecule has 0 spiro atoms. The molecule has 0 saturated heterocycles. The highest BCUT2D eigenvalue weighted by Gasteiger charge is 2.31. The summed E-state index contributed by atoms with van der Waals surface area (Å²) in [6.07, 6.45) is -2.72. The van der Waals surface area contributed by atoms with Crippen LogP contribution in [0.25, 0.3) is 22.0 Å². The molecule has 4 aromatic rings. The summed E-state index contributed by atoms with van der Waals surface area (Å²) in [4.78, 5) is 17.5. The molecular weight excluding hydrogens is 427 g/mol. The molecule has 32 heavy (non-hydrogen) atoms. The van der Waals surface area contributed by atoms with Crippen LogP contribution in [-0.4, -0.2) is 31.5 Å². The van der Waals surface area contributed by atoms with E-state index in [-0.39, 0.29) is 11.6 Å². The fraction of sp³-hybridized carbons (Fsp3) is 0.286.